The molecule has 1 aliphatic rings. The fraction of sp³-hybridized carbons (Fsp3) is 0.857. The summed E-state index contributed by atoms with van der Waals surface area (Å²) >= 11 is 0. The van der Waals surface area contributed by atoms with Gasteiger partial charge in [0.1, 0.15) is 0 Å². The minimum absolute atomic E-state index is 0.187. The molecule has 0 saturated heterocycles. The van der Waals surface area contributed by atoms with Gasteiger partial charge < -0.3 is 9.63 Å². The topological polar surface area (TPSA) is 62.4 Å². The molecular weight excluding hydrogens is 242 g/mol. The largest absolute Gasteiger partial charge is 0.395 e. The van der Waals surface area contributed by atoms with E-state index in [4.69, 9.17) is 4.52 Å². The van der Waals surface area contributed by atoms with Gasteiger partial charge in [-0.2, -0.15) is 4.98 Å². The van der Waals surface area contributed by atoms with Gasteiger partial charge in [-0.15, -0.1) is 0 Å². The van der Waals surface area contributed by atoms with Crippen molar-refractivity contribution in [2.45, 2.75) is 64.5 Å². The second kappa shape index (κ2) is 7.60. The molecule has 1 aromatic heterocycles. The van der Waals surface area contributed by atoms with E-state index in [2.05, 4.69) is 22.0 Å². The SMILES string of the molecule is CCCc1noc(CN(CCO)C2CCCCC2)n1. The number of rotatable bonds is 7. The highest BCUT2D eigenvalue weighted by molar-refractivity contribution is 4.88. The molecule has 5 heteroatoms. The first-order chi connectivity index (χ1) is 9.33. The maximum absolute atomic E-state index is 9.23. The Bertz CT molecular complexity index is 361. The molecule has 1 saturated carbocycles. The van der Waals surface area contributed by atoms with Crippen molar-refractivity contribution in [3.8, 4) is 0 Å². The van der Waals surface area contributed by atoms with Crippen LogP contribution in [0.15, 0.2) is 4.52 Å². The van der Waals surface area contributed by atoms with Crippen LogP contribution in [-0.2, 0) is 13.0 Å². The molecule has 0 bridgehead atoms. The van der Waals surface area contributed by atoms with Crippen molar-refractivity contribution in [2.24, 2.45) is 0 Å². The molecule has 19 heavy (non-hydrogen) atoms. The molecular formula is C14H25N3O2. The van der Waals surface area contributed by atoms with E-state index in [-0.39, 0.29) is 6.61 Å². The summed E-state index contributed by atoms with van der Waals surface area (Å²) in [6.07, 6.45) is 8.25. The first kappa shape index (κ1) is 14.5. The summed E-state index contributed by atoms with van der Waals surface area (Å²) in [5, 5.41) is 13.2. The second-order valence-electron chi connectivity index (χ2n) is 5.34. The van der Waals surface area contributed by atoms with Crippen molar-refractivity contribution in [3.63, 3.8) is 0 Å². The molecule has 0 aliphatic heterocycles. The van der Waals surface area contributed by atoms with E-state index < -0.39 is 0 Å². The van der Waals surface area contributed by atoms with Crippen LogP contribution >= 0.6 is 0 Å². The second-order valence-corrected chi connectivity index (χ2v) is 5.34. The molecule has 0 amide bonds. The first-order valence-corrected chi connectivity index (χ1v) is 7.50. The van der Waals surface area contributed by atoms with E-state index in [1.165, 1.54) is 32.1 Å². The van der Waals surface area contributed by atoms with E-state index in [0.29, 0.717) is 25.0 Å². The standard InChI is InChI=1S/C14H25N3O2/c1-2-6-13-15-14(19-16-13)11-17(9-10-18)12-7-4-3-5-8-12/h12,18H,2-11H2,1H3. The molecule has 0 unspecified atom stereocenters. The molecule has 2 rings (SSSR count). The summed E-state index contributed by atoms with van der Waals surface area (Å²) in [6, 6.07) is 0.558. The Morgan fingerprint density at radius 2 is 2.11 bits per heavy atom. The van der Waals surface area contributed by atoms with Crippen LogP contribution in [-0.4, -0.2) is 39.3 Å². The maximum atomic E-state index is 9.23. The van der Waals surface area contributed by atoms with E-state index in [1.54, 1.807) is 0 Å². The van der Waals surface area contributed by atoms with Gasteiger partial charge in [-0.25, -0.2) is 0 Å². The molecule has 0 spiro atoms. The molecule has 0 aromatic carbocycles. The van der Waals surface area contributed by atoms with Gasteiger partial charge in [0.05, 0.1) is 13.2 Å². The number of aliphatic hydroxyl groups is 1. The van der Waals surface area contributed by atoms with Gasteiger partial charge in [-0.3, -0.25) is 4.90 Å². The number of aromatic nitrogens is 2. The van der Waals surface area contributed by atoms with Crippen molar-refractivity contribution < 1.29 is 9.63 Å². The van der Waals surface area contributed by atoms with E-state index in [0.717, 1.165) is 18.7 Å². The molecule has 1 aromatic rings. The highest BCUT2D eigenvalue weighted by Gasteiger charge is 2.22. The van der Waals surface area contributed by atoms with Gasteiger partial charge in [0.25, 0.3) is 0 Å². The third-order valence-corrected chi connectivity index (χ3v) is 3.80. The van der Waals surface area contributed by atoms with Gasteiger partial charge in [-0.05, 0) is 19.3 Å². The molecule has 0 atom stereocenters. The Morgan fingerprint density at radius 1 is 1.32 bits per heavy atom. The fourth-order valence-corrected chi connectivity index (χ4v) is 2.82. The van der Waals surface area contributed by atoms with Crippen molar-refractivity contribution in [1.29, 1.82) is 0 Å². The van der Waals surface area contributed by atoms with Crippen molar-refractivity contribution >= 4 is 0 Å². The zero-order valence-corrected chi connectivity index (χ0v) is 11.8. The molecule has 5 nitrogen and oxygen atoms in total. The van der Waals surface area contributed by atoms with Crippen LogP contribution in [0.3, 0.4) is 0 Å². The summed E-state index contributed by atoms with van der Waals surface area (Å²) in [6.45, 7) is 3.65. The number of aliphatic hydroxyl groups excluding tert-OH is 1. The summed E-state index contributed by atoms with van der Waals surface area (Å²) in [7, 11) is 0. The minimum atomic E-state index is 0.187. The molecule has 1 aliphatic carbocycles. The van der Waals surface area contributed by atoms with Crippen LogP contribution in [0.4, 0.5) is 0 Å². The molecule has 0 radical (unpaired) electrons. The number of aryl methyl sites for hydroxylation is 1. The lowest BCUT2D eigenvalue weighted by Crippen LogP contribution is -2.38. The van der Waals surface area contributed by atoms with Crippen LogP contribution in [0.2, 0.25) is 0 Å². The predicted octanol–water partition coefficient (Wildman–Crippen LogP) is 2.15. The van der Waals surface area contributed by atoms with Crippen LogP contribution in [0, 0.1) is 0 Å². The minimum Gasteiger partial charge on any atom is -0.395 e. The van der Waals surface area contributed by atoms with Crippen LogP contribution in [0.25, 0.3) is 0 Å². The van der Waals surface area contributed by atoms with Crippen molar-refractivity contribution in [1.82, 2.24) is 15.0 Å². The zero-order valence-electron chi connectivity index (χ0n) is 11.8. The Labute approximate surface area is 115 Å². The Balaban J connectivity index is 1.94. The van der Waals surface area contributed by atoms with Gasteiger partial charge in [-0.1, -0.05) is 31.3 Å². The van der Waals surface area contributed by atoms with Crippen LogP contribution < -0.4 is 0 Å². The maximum Gasteiger partial charge on any atom is 0.240 e. The Morgan fingerprint density at radius 3 is 2.79 bits per heavy atom. The molecule has 108 valence electrons. The zero-order chi connectivity index (χ0) is 13.5. The van der Waals surface area contributed by atoms with E-state index >= 15 is 0 Å². The average molecular weight is 267 g/mol. The van der Waals surface area contributed by atoms with Crippen LogP contribution in [0.1, 0.15) is 57.2 Å². The Kier molecular flexibility index (Phi) is 5.79. The predicted molar refractivity (Wildman–Crippen MR) is 72.7 cm³/mol. The van der Waals surface area contributed by atoms with Crippen molar-refractivity contribution in [3.05, 3.63) is 11.7 Å². The van der Waals surface area contributed by atoms with Crippen LogP contribution in [0.5, 0.6) is 0 Å². The molecule has 1 heterocycles. The monoisotopic (exact) mass is 267 g/mol. The first-order valence-electron chi connectivity index (χ1n) is 7.50. The highest BCUT2D eigenvalue weighted by atomic mass is 16.5. The molecule has 1 N–H and O–H groups in total. The van der Waals surface area contributed by atoms with Gasteiger partial charge in [0.2, 0.25) is 5.89 Å². The smallest absolute Gasteiger partial charge is 0.240 e. The van der Waals surface area contributed by atoms with E-state index in [9.17, 15) is 5.11 Å². The lowest BCUT2D eigenvalue weighted by atomic mass is 9.94. The number of hydrogen-bond donors (Lipinski definition) is 1. The number of nitrogens with zero attached hydrogens (tertiary/aromatic N) is 3. The van der Waals surface area contributed by atoms with Gasteiger partial charge in [0.15, 0.2) is 5.82 Å². The summed E-state index contributed by atoms with van der Waals surface area (Å²) in [4.78, 5) is 6.71. The molecule has 1 fully saturated rings. The average Bonchev–Trinajstić information content (AvgIpc) is 2.87. The Hall–Kier alpha value is -0.940. The lowest BCUT2D eigenvalue weighted by molar-refractivity contribution is 0.105. The summed E-state index contributed by atoms with van der Waals surface area (Å²) in [5.74, 6) is 1.48. The normalized spacial score (nSPS) is 17.2. The van der Waals surface area contributed by atoms with Gasteiger partial charge >= 0.3 is 0 Å². The number of hydrogen-bond acceptors (Lipinski definition) is 5. The summed E-state index contributed by atoms with van der Waals surface area (Å²) in [5.41, 5.74) is 0. The lowest BCUT2D eigenvalue weighted by Gasteiger charge is -2.32. The quantitative estimate of drug-likeness (QED) is 0.820. The highest BCUT2D eigenvalue weighted by Crippen LogP contribution is 2.23. The third kappa shape index (κ3) is 4.28. The van der Waals surface area contributed by atoms with Gasteiger partial charge in [0, 0.05) is 19.0 Å². The van der Waals surface area contributed by atoms with E-state index in [1.807, 2.05) is 0 Å². The fourth-order valence-electron chi connectivity index (χ4n) is 2.82. The third-order valence-electron chi connectivity index (χ3n) is 3.80. The van der Waals surface area contributed by atoms with Crippen molar-refractivity contribution in [2.75, 3.05) is 13.2 Å². The summed E-state index contributed by atoms with van der Waals surface area (Å²) < 4.78 is 5.30.